The Bertz CT molecular complexity index is 516. The summed E-state index contributed by atoms with van der Waals surface area (Å²) in [4.78, 5) is 3.29. The van der Waals surface area contributed by atoms with Crippen LogP contribution in [-0.2, 0) is 12.8 Å². The summed E-state index contributed by atoms with van der Waals surface area (Å²) in [5.74, 6) is 0. The van der Waals surface area contributed by atoms with Gasteiger partial charge in [-0.25, -0.2) is 0 Å². The fourth-order valence-corrected chi connectivity index (χ4v) is 2.76. The van der Waals surface area contributed by atoms with Crippen LogP contribution in [0.25, 0.3) is 10.9 Å². The van der Waals surface area contributed by atoms with E-state index in [1.807, 2.05) is 13.1 Å². The van der Waals surface area contributed by atoms with Gasteiger partial charge in [0.05, 0.1) is 0 Å². The molecule has 0 saturated heterocycles. The quantitative estimate of drug-likeness (QED) is 0.760. The molecule has 2 nitrogen and oxygen atoms in total. The molecule has 1 aliphatic rings. The van der Waals surface area contributed by atoms with Crippen molar-refractivity contribution in [3.63, 3.8) is 0 Å². The lowest BCUT2D eigenvalue weighted by Gasteiger charge is -2.22. The standard InChI is InChI=1S/C12H13ClN2/c1-14-10-3-7-2-9(13)5-11-12(7)8(4-10)6-15-11/h2,5-6,10,14-15H,3-4H2,1H3. The molecule has 1 aliphatic carbocycles. The normalized spacial score (nSPS) is 19.7. The van der Waals surface area contributed by atoms with Crippen molar-refractivity contribution in [3.05, 3.63) is 34.5 Å². The van der Waals surface area contributed by atoms with E-state index in [0.717, 1.165) is 17.9 Å². The van der Waals surface area contributed by atoms with Gasteiger partial charge in [0.2, 0.25) is 0 Å². The summed E-state index contributed by atoms with van der Waals surface area (Å²) >= 11 is 6.09. The van der Waals surface area contributed by atoms with E-state index in [1.165, 1.54) is 22.0 Å². The first-order valence-corrected chi connectivity index (χ1v) is 5.61. The molecule has 2 N–H and O–H groups in total. The Morgan fingerprint density at radius 1 is 1.33 bits per heavy atom. The Hall–Kier alpha value is -0.990. The monoisotopic (exact) mass is 220 g/mol. The number of H-pyrrole nitrogens is 1. The zero-order valence-corrected chi connectivity index (χ0v) is 9.36. The summed E-state index contributed by atoms with van der Waals surface area (Å²) in [6.45, 7) is 0. The van der Waals surface area contributed by atoms with Gasteiger partial charge in [0.25, 0.3) is 0 Å². The molecular weight excluding hydrogens is 208 g/mol. The fraction of sp³-hybridized carbons (Fsp3) is 0.333. The average Bonchev–Trinajstić information content (AvgIpc) is 2.62. The first-order chi connectivity index (χ1) is 7.28. The van der Waals surface area contributed by atoms with Crippen molar-refractivity contribution in [2.24, 2.45) is 0 Å². The van der Waals surface area contributed by atoms with Crippen molar-refractivity contribution in [3.8, 4) is 0 Å². The van der Waals surface area contributed by atoms with E-state index >= 15 is 0 Å². The van der Waals surface area contributed by atoms with Crippen molar-refractivity contribution < 1.29 is 0 Å². The predicted octanol–water partition coefficient (Wildman–Crippen LogP) is 2.51. The van der Waals surface area contributed by atoms with Crippen LogP contribution in [0.1, 0.15) is 11.1 Å². The lowest BCUT2D eigenvalue weighted by Crippen LogP contribution is -2.31. The van der Waals surface area contributed by atoms with Crippen LogP contribution in [0.3, 0.4) is 0 Å². The summed E-state index contributed by atoms with van der Waals surface area (Å²) in [6, 6.07) is 4.63. The predicted molar refractivity (Wildman–Crippen MR) is 63.6 cm³/mol. The van der Waals surface area contributed by atoms with Gasteiger partial charge < -0.3 is 10.3 Å². The fourth-order valence-electron chi connectivity index (χ4n) is 2.52. The van der Waals surface area contributed by atoms with E-state index in [-0.39, 0.29) is 0 Å². The molecular formula is C12H13ClN2. The van der Waals surface area contributed by atoms with Gasteiger partial charge in [-0.3, -0.25) is 0 Å². The summed E-state index contributed by atoms with van der Waals surface area (Å²) in [5.41, 5.74) is 3.93. The van der Waals surface area contributed by atoms with E-state index in [0.29, 0.717) is 6.04 Å². The molecule has 0 saturated carbocycles. The first-order valence-electron chi connectivity index (χ1n) is 5.23. The second-order valence-corrected chi connectivity index (χ2v) is 4.63. The molecule has 1 aromatic carbocycles. The van der Waals surface area contributed by atoms with Crippen LogP contribution in [0.4, 0.5) is 0 Å². The third kappa shape index (κ3) is 1.36. The van der Waals surface area contributed by atoms with Gasteiger partial charge in [0.15, 0.2) is 0 Å². The minimum absolute atomic E-state index is 0.537. The van der Waals surface area contributed by atoms with Crippen LogP contribution in [0.2, 0.25) is 5.02 Å². The highest BCUT2D eigenvalue weighted by atomic mass is 35.5. The number of likely N-dealkylation sites (N-methyl/N-ethyl adjacent to an activating group) is 1. The molecule has 0 bridgehead atoms. The number of aromatic nitrogens is 1. The van der Waals surface area contributed by atoms with Crippen LogP contribution in [-0.4, -0.2) is 18.1 Å². The molecule has 78 valence electrons. The van der Waals surface area contributed by atoms with Gasteiger partial charge in [-0.15, -0.1) is 0 Å². The lowest BCUT2D eigenvalue weighted by atomic mass is 9.89. The molecule has 1 unspecified atom stereocenters. The summed E-state index contributed by atoms with van der Waals surface area (Å²) in [5, 5.41) is 5.54. The number of aromatic amines is 1. The molecule has 3 heteroatoms. The Morgan fingerprint density at radius 2 is 2.13 bits per heavy atom. The second kappa shape index (κ2) is 3.26. The molecule has 0 fully saturated rings. The first kappa shape index (κ1) is 9.25. The number of nitrogens with one attached hydrogen (secondary N) is 2. The van der Waals surface area contributed by atoms with Crippen LogP contribution < -0.4 is 5.32 Å². The summed E-state index contributed by atoms with van der Waals surface area (Å²) in [7, 11) is 2.02. The molecule has 1 aromatic heterocycles. The molecule has 0 amide bonds. The smallest absolute Gasteiger partial charge is 0.0474 e. The highest BCUT2D eigenvalue weighted by Gasteiger charge is 2.20. The third-order valence-electron chi connectivity index (χ3n) is 3.25. The van der Waals surface area contributed by atoms with Crippen molar-refractivity contribution in [1.82, 2.24) is 10.3 Å². The maximum Gasteiger partial charge on any atom is 0.0474 e. The Labute approximate surface area is 93.6 Å². The van der Waals surface area contributed by atoms with Gasteiger partial charge in [0, 0.05) is 28.2 Å². The molecule has 0 spiro atoms. The summed E-state index contributed by atoms with van der Waals surface area (Å²) in [6.07, 6.45) is 4.28. The van der Waals surface area contributed by atoms with E-state index in [1.54, 1.807) is 0 Å². The minimum Gasteiger partial charge on any atom is -0.361 e. The van der Waals surface area contributed by atoms with Crippen LogP contribution >= 0.6 is 11.6 Å². The van der Waals surface area contributed by atoms with Crippen molar-refractivity contribution in [2.45, 2.75) is 18.9 Å². The van der Waals surface area contributed by atoms with Gasteiger partial charge in [-0.1, -0.05) is 11.6 Å². The van der Waals surface area contributed by atoms with Gasteiger partial charge in [-0.2, -0.15) is 0 Å². The van der Waals surface area contributed by atoms with Crippen molar-refractivity contribution in [2.75, 3.05) is 7.05 Å². The number of rotatable bonds is 1. The largest absolute Gasteiger partial charge is 0.361 e. The molecule has 15 heavy (non-hydrogen) atoms. The van der Waals surface area contributed by atoms with Crippen LogP contribution in [0.15, 0.2) is 18.3 Å². The van der Waals surface area contributed by atoms with E-state index in [2.05, 4.69) is 22.6 Å². The zero-order valence-electron chi connectivity index (χ0n) is 8.60. The number of hydrogen-bond acceptors (Lipinski definition) is 1. The molecule has 1 atom stereocenters. The maximum atomic E-state index is 6.09. The zero-order chi connectivity index (χ0) is 10.4. The van der Waals surface area contributed by atoms with E-state index in [9.17, 15) is 0 Å². The highest BCUT2D eigenvalue weighted by molar-refractivity contribution is 6.31. The Kier molecular flexibility index (Phi) is 2.01. The average molecular weight is 221 g/mol. The highest BCUT2D eigenvalue weighted by Crippen LogP contribution is 2.32. The second-order valence-electron chi connectivity index (χ2n) is 4.20. The van der Waals surface area contributed by atoms with Crippen molar-refractivity contribution in [1.29, 1.82) is 0 Å². The molecule has 1 heterocycles. The van der Waals surface area contributed by atoms with Crippen molar-refractivity contribution >= 4 is 22.5 Å². The SMILES string of the molecule is CNC1Cc2c[nH]c3cc(Cl)cc(c23)C1. The maximum absolute atomic E-state index is 6.09. The lowest BCUT2D eigenvalue weighted by molar-refractivity contribution is 0.551. The molecule has 0 radical (unpaired) electrons. The number of halogens is 1. The van der Waals surface area contributed by atoms with Gasteiger partial charge in [0.1, 0.15) is 0 Å². The topological polar surface area (TPSA) is 27.8 Å². The Balaban J connectivity index is 2.25. The van der Waals surface area contributed by atoms with Gasteiger partial charge in [-0.05, 0) is 43.1 Å². The summed E-state index contributed by atoms with van der Waals surface area (Å²) < 4.78 is 0. The van der Waals surface area contributed by atoms with Crippen LogP contribution in [0, 0.1) is 0 Å². The number of benzene rings is 1. The molecule has 0 aliphatic heterocycles. The number of hydrogen-bond donors (Lipinski definition) is 2. The minimum atomic E-state index is 0.537. The van der Waals surface area contributed by atoms with Crippen LogP contribution in [0.5, 0.6) is 0 Å². The molecule has 2 aromatic rings. The molecule has 3 rings (SSSR count). The third-order valence-corrected chi connectivity index (χ3v) is 3.47. The Morgan fingerprint density at radius 3 is 2.93 bits per heavy atom. The van der Waals surface area contributed by atoms with E-state index < -0.39 is 0 Å². The van der Waals surface area contributed by atoms with Gasteiger partial charge >= 0.3 is 0 Å². The van der Waals surface area contributed by atoms with E-state index in [4.69, 9.17) is 11.6 Å².